The summed E-state index contributed by atoms with van der Waals surface area (Å²) in [5.41, 5.74) is 1.38. The van der Waals surface area contributed by atoms with Crippen LogP contribution in [-0.2, 0) is 26.2 Å². The van der Waals surface area contributed by atoms with Gasteiger partial charge in [-0.05, 0) is 24.0 Å². The van der Waals surface area contributed by atoms with Gasteiger partial charge in [0.25, 0.3) is 0 Å². The van der Waals surface area contributed by atoms with E-state index in [2.05, 4.69) is 24.4 Å². The molecule has 0 aliphatic rings. The van der Waals surface area contributed by atoms with Crippen LogP contribution in [-0.4, -0.2) is 33.3 Å². The standard InChI is InChI=1S/C16H25NO3/c1-5-13-7-9-14(10-8-13)16(6-2,15(18)20-4)17-11-12-19-3/h7-10,17H,5-6,11-12H2,1-4H3. The van der Waals surface area contributed by atoms with Crippen LogP contribution in [0.2, 0.25) is 0 Å². The average molecular weight is 279 g/mol. The Hall–Kier alpha value is -1.39. The maximum Gasteiger partial charge on any atom is 0.330 e. The highest BCUT2D eigenvalue weighted by atomic mass is 16.5. The fraction of sp³-hybridized carbons (Fsp3) is 0.562. The van der Waals surface area contributed by atoms with Gasteiger partial charge in [-0.3, -0.25) is 5.32 Å². The fourth-order valence-electron chi connectivity index (χ4n) is 2.33. The summed E-state index contributed by atoms with van der Waals surface area (Å²) in [5.74, 6) is -0.264. The molecule has 0 bridgehead atoms. The molecule has 20 heavy (non-hydrogen) atoms. The number of methoxy groups -OCH3 is 2. The number of carbonyl (C=O) groups excluding carboxylic acids is 1. The topological polar surface area (TPSA) is 47.6 Å². The Morgan fingerprint density at radius 3 is 2.30 bits per heavy atom. The van der Waals surface area contributed by atoms with Gasteiger partial charge in [-0.1, -0.05) is 38.1 Å². The van der Waals surface area contributed by atoms with Crippen molar-refractivity contribution >= 4 is 5.97 Å². The minimum atomic E-state index is -0.806. The van der Waals surface area contributed by atoms with Gasteiger partial charge in [-0.2, -0.15) is 0 Å². The van der Waals surface area contributed by atoms with E-state index in [0.717, 1.165) is 12.0 Å². The van der Waals surface area contributed by atoms with Gasteiger partial charge in [0.05, 0.1) is 13.7 Å². The fourth-order valence-corrected chi connectivity index (χ4v) is 2.33. The Balaban J connectivity index is 3.08. The Labute approximate surface area is 121 Å². The molecule has 1 atom stereocenters. The predicted molar refractivity (Wildman–Crippen MR) is 79.7 cm³/mol. The second-order valence-corrected chi connectivity index (χ2v) is 4.72. The molecule has 0 saturated carbocycles. The highest BCUT2D eigenvalue weighted by Crippen LogP contribution is 2.27. The van der Waals surface area contributed by atoms with Crippen LogP contribution in [0, 0.1) is 0 Å². The third-order valence-corrected chi connectivity index (χ3v) is 3.65. The van der Waals surface area contributed by atoms with E-state index in [0.29, 0.717) is 19.6 Å². The monoisotopic (exact) mass is 279 g/mol. The number of ether oxygens (including phenoxy) is 2. The predicted octanol–water partition coefficient (Wildman–Crippen LogP) is 2.26. The van der Waals surface area contributed by atoms with Gasteiger partial charge >= 0.3 is 5.97 Å². The molecule has 0 saturated heterocycles. The lowest BCUT2D eigenvalue weighted by atomic mass is 9.86. The normalized spacial score (nSPS) is 13.8. The van der Waals surface area contributed by atoms with Crippen molar-refractivity contribution in [2.24, 2.45) is 0 Å². The highest BCUT2D eigenvalue weighted by Gasteiger charge is 2.39. The second-order valence-electron chi connectivity index (χ2n) is 4.72. The van der Waals surface area contributed by atoms with Crippen LogP contribution in [0.15, 0.2) is 24.3 Å². The summed E-state index contributed by atoms with van der Waals surface area (Å²) in [7, 11) is 3.06. The lowest BCUT2D eigenvalue weighted by Gasteiger charge is -2.31. The van der Waals surface area contributed by atoms with Crippen molar-refractivity contribution in [3.8, 4) is 0 Å². The molecule has 4 heteroatoms. The number of rotatable bonds is 8. The molecule has 0 spiro atoms. The van der Waals surface area contributed by atoms with Crippen LogP contribution in [0.25, 0.3) is 0 Å². The summed E-state index contributed by atoms with van der Waals surface area (Å²) < 4.78 is 10.1. The van der Waals surface area contributed by atoms with E-state index in [1.54, 1.807) is 7.11 Å². The van der Waals surface area contributed by atoms with Crippen LogP contribution in [0.4, 0.5) is 0 Å². The van der Waals surface area contributed by atoms with E-state index >= 15 is 0 Å². The van der Waals surface area contributed by atoms with Crippen molar-refractivity contribution in [3.05, 3.63) is 35.4 Å². The zero-order valence-electron chi connectivity index (χ0n) is 12.9. The van der Waals surface area contributed by atoms with Crippen molar-refractivity contribution in [2.45, 2.75) is 32.2 Å². The Morgan fingerprint density at radius 1 is 1.20 bits per heavy atom. The van der Waals surface area contributed by atoms with Gasteiger partial charge in [-0.25, -0.2) is 4.79 Å². The van der Waals surface area contributed by atoms with Gasteiger partial charge in [0.15, 0.2) is 0 Å². The van der Waals surface area contributed by atoms with Crippen molar-refractivity contribution in [2.75, 3.05) is 27.4 Å². The molecular formula is C16H25NO3. The van der Waals surface area contributed by atoms with Gasteiger partial charge in [0, 0.05) is 13.7 Å². The molecule has 1 unspecified atom stereocenters. The lowest BCUT2D eigenvalue weighted by Crippen LogP contribution is -2.50. The average Bonchev–Trinajstić information content (AvgIpc) is 2.51. The molecule has 0 radical (unpaired) electrons. The molecule has 112 valence electrons. The van der Waals surface area contributed by atoms with E-state index in [1.165, 1.54) is 12.7 Å². The van der Waals surface area contributed by atoms with Crippen LogP contribution < -0.4 is 5.32 Å². The van der Waals surface area contributed by atoms with E-state index < -0.39 is 5.54 Å². The highest BCUT2D eigenvalue weighted by molar-refractivity contribution is 5.82. The van der Waals surface area contributed by atoms with E-state index in [9.17, 15) is 4.79 Å². The number of nitrogens with one attached hydrogen (secondary N) is 1. The number of carbonyl (C=O) groups is 1. The molecule has 0 heterocycles. The van der Waals surface area contributed by atoms with Gasteiger partial charge < -0.3 is 9.47 Å². The zero-order valence-corrected chi connectivity index (χ0v) is 12.9. The smallest absolute Gasteiger partial charge is 0.330 e. The molecule has 1 rings (SSSR count). The number of benzene rings is 1. The minimum Gasteiger partial charge on any atom is -0.467 e. The summed E-state index contributed by atoms with van der Waals surface area (Å²) >= 11 is 0. The summed E-state index contributed by atoms with van der Waals surface area (Å²) in [4.78, 5) is 12.3. The quantitative estimate of drug-likeness (QED) is 0.586. The van der Waals surface area contributed by atoms with Crippen molar-refractivity contribution in [1.29, 1.82) is 0 Å². The van der Waals surface area contributed by atoms with Crippen LogP contribution in [0.1, 0.15) is 31.4 Å². The first-order valence-corrected chi connectivity index (χ1v) is 7.06. The van der Waals surface area contributed by atoms with E-state index in [-0.39, 0.29) is 5.97 Å². The summed E-state index contributed by atoms with van der Waals surface area (Å²) in [6.07, 6.45) is 1.60. The largest absolute Gasteiger partial charge is 0.467 e. The first kappa shape index (κ1) is 16.7. The molecule has 4 nitrogen and oxygen atoms in total. The van der Waals surface area contributed by atoms with Crippen LogP contribution in [0.5, 0.6) is 0 Å². The molecule has 1 N–H and O–H groups in total. The SMILES string of the molecule is CCc1ccc(C(CC)(NCCOC)C(=O)OC)cc1. The van der Waals surface area contributed by atoms with E-state index in [1.807, 2.05) is 19.1 Å². The maximum absolute atomic E-state index is 12.3. The summed E-state index contributed by atoms with van der Waals surface area (Å²) in [6.45, 7) is 5.23. The molecule has 0 aliphatic carbocycles. The Morgan fingerprint density at radius 2 is 1.85 bits per heavy atom. The lowest BCUT2D eigenvalue weighted by molar-refractivity contribution is -0.149. The molecule has 0 amide bonds. The first-order chi connectivity index (χ1) is 9.64. The second kappa shape index (κ2) is 8.02. The number of esters is 1. The Bertz CT molecular complexity index is 416. The zero-order chi connectivity index (χ0) is 15.0. The Kier molecular flexibility index (Phi) is 6.68. The van der Waals surface area contributed by atoms with Crippen molar-refractivity contribution in [1.82, 2.24) is 5.32 Å². The van der Waals surface area contributed by atoms with Crippen LogP contribution in [0.3, 0.4) is 0 Å². The van der Waals surface area contributed by atoms with E-state index in [4.69, 9.17) is 9.47 Å². The van der Waals surface area contributed by atoms with Gasteiger partial charge in [-0.15, -0.1) is 0 Å². The van der Waals surface area contributed by atoms with Crippen molar-refractivity contribution in [3.63, 3.8) is 0 Å². The molecule has 0 aliphatic heterocycles. The van der Waals surface area contributed by atoms with Crippen molar-refractivity contribution < 1.29 is 14.3 Å². The summed E-state index contributed by atoms with van der Waals surface area (Å²) in [5, 5.41) is 3.29. The third-order valence-electron chi connectivity index (χ3n) is 3.65. The van der Waals surface area contributed by atoms with Gasteiger partial charge in [0.2, 0.25) is 0 Å². The third kappa shape index (κ3) is 3.58. The molecule has 0 fully saturated rings. The number of hydrogen-bond donors (Lipinski definition) is 1. The molecule has 1 aromatic carbocycles. The molecule has 0 aromatic heterocycles. The minimum absolute atomic E-state index is 0.264. The molecule has 1 aromatic rings. The number of aryl methyl sites for hydroxylation is 1. The summed E-state index contributed by atoms with van der Waals surface area (Å²) in [6, 6.07) is 8.11. The number of hydrogen-bond acceptors (Lipinski definition) is 4. The van der Waals surface area contributed by atoms with Gasteiger partial charge in [0.1, 0.15) is 5.54 Å². The molecular weight excluding hydrogens is 254 g/mol. The first-order valence-electron chi connectivity index (χ1n) is 7.06. The maximum atomic E-state index is 12.3. The van der Waals surface area contributed by atoms with Crippen LogP contribution >= 0.6 is 0 Å².